The molecule has 2 aromatic rings. The van der Waals surface area contributed by atoms with Gasteiger partial charge in [-0.25, -0.2) is 0 Å². The third kappa shape index (κ3) is 4.09. The maximum atomic E-state index is 12.0. The molecule has 3 nitrogen and oxygen atoms in total. The standard InChI is InChI=1S/C18H20O3/c1-20-17-12-11-14(13-18(17)21-2)7-6-10-16(19)15-8-4-3-5-9-15/h3-5,8-9,11-13H,6-7,10H2,1-2H3. The molecule has 0 amide bonds. The highest BCUT2D eigenvalue weighted by molar-refractivity contribution is 5.95. The third-order valence-electron chi connectivity index (χ3n) is 3.41. The number of hydrogen-bond donors (Lipinski definition) is 0. The number of rotatable bonds is 7. The summed E-state index contributed by atoms with van der Waals surface area (Å²) in [6, 6.07) is 15.3. The van der Waals surface area contributed by atoms with Crippen molar-refractivity contribution >= 4 is 5.78 Å². The Balaban J connectivity index is 1.90. The van der Waals surface area contributed by atoms with E-state index < -0.39 is 0 Å². The number of aryl methyl sites for hydroxylation is 1. The van der Waals surface area contributed by atoms with Gasteiger partial charge in [0, 0.05) is 12.0 Å². The molecule has 0 aromatic heterocycles. The number of methoxy groups -OCH3 is 2. The first-order chi connectivity index (χ1) is 10.2. The van der Waals surface area contributed by atoms with Crippen LogP contribution in [0.4, 0.5) is 0 Å². The summed E-state index contributed by atoms with van der Waals surface area (Å²) in [6.07, 6.45) is 2.22. The molecule has 0 heterocycles. The Bertz CT molecular complexity index is 591. The van der Waals surface area contributed by atoms with Crippen LogP contribution in [0, 0.1) is 0 Å². The van der Waals surface area contributed by atoms with Gasteiger partial charge in [0.1, 0.15) is 0 Å². The van der Waals surface area contributed by atoms with E-state index in [0.29, 0.717) is 6.42 Å². The van der Waals surface area contributed by atoms with Crippen LogP contribution in [0.2, 0.25) is 0 Å². The molecule has 0 atom stereocenters. The smallest absolute Gasteiger partial charge is 0.162 e. The van der Waals surface area contributed by atoms with Crippen LogP contribution in [0.15, 0.2) is 48.5 Å². The molecule has 0 aliphatic rings. The molecule has 0 N–H and O–H groups in total. The highest BCUT2D eigenvalue weighted by atomic mass is 16.5. The lowest BCUT2D eigenvalue weighted by Crippen LogP contribution is -2.00. The molecule has 0 aliphatic carbocycles. The van der Waals surface area contributed by atoms with Gasteiger partial charge in [0.05, 0.1) is 14.2 Å². The van der Waals surface area contributed by atoms with E-state index in [0.717, 1.165) is 35.5 Å². The molecule has 0 saturated carbocycles. The van der Waals surface area contributed by atoms with Gasteiger partial charge in [-0.15, -0.1) is 0 Å². The first-order valence-electron chi connectivity index (χ1n) is 7.03. The molecule has 0 aliphatic heterocycles. The zero-order valence-electron chi connectivity index (χ0n) is 12.5. The van der Waals surface area contributed by atoms with E-state index in [9.17, 15) is 4.79 Å². The summed E-state index contributed by atoms with van der Waals surface area (Å²) in [5.41, 5.74) is 1.93. The van der Waals surface area contributed by atoms with E-state index in [1.165, 1.54) is 0 Å². The van der Waals surface area contributed by atoms with Gasteiger partial charge in [0.25, 0.3) is 0 Å². The van der Waals surface area contributed by atoms with Crippen LogP contribution in [-0.4, -0.2) is 20.0 Å². The fourth-order valence-electron chi connectivity index (χ4n) is 2.26. The Hall–Kier alpha value is -2.29. The number of benzene rings is 2. The van der Waals surface area contributed by atoms with Gasteiger partial charge in [-0.3, -0.25) is 4.79 Å². The fraction of sp³-hybridized carbons (Fsp3) is 0.278. The van der Waals surface area contributed by atoms with Gasteiger partial charge in [-0.1, -0.05) is 36.4 Å². The molecule has 0 bridgehead atoms. The molecule has 0 unspecified atom stereocenters. The first-order valence-corrected chi connectivity index (χ1v) is 7.03. The minimum Gasteiger partial charge on any atom is -0.493 e. The number of Topliss-reactive ketones (excluding diaryl/α,β-unsaturated/α-hetero) is 1. The van der Waals surface area contributed by atoms with Crippen molar-refractivity contribution in [1.82, 2.24) is 0 Å². The van der Waals surface area contributed by atoms with E-state index in [1.54, 1.807) is 14.2 Å². The Labute approximate surface area is 125 Å². The molecule has 0 saturated heterocycles. The van der Waals surface area contributed by atoms with E-state index in [2.05, 4.69) is 0 Å². The SMILES string of the molecule is COc1ccc(CCCC(=O)c2ccccc2)cc1OC. The second-order valence-corrected chi connectivity index (χ2v) is 4.83. The van der Waals surface area contributed by atoms with Crippen LogP contribution in [-0.2, 0) is 6.42 Å². The summed E-state index contributed by atoms with van der Waals surface area (Å²) < 4.78 is 10.5. The van der Waals surface area contributed by atoms with Crippen LogP contribution < -0.4 is 9.47 Å². The quantitative estimate of drug-likeness (QED) is 0.723. The maximum absolute atomic E-state index is 12.0. The molecule has 0 fully saturated rings. The highest BCUT2D eigenvalue weighted by Crippen LogP contribution is 2.28. The van der Waals surface area contributed by atoms with Gasteiger partial charge >= 0.3 is 0 Å². The van der Waals surface area contributed by atoms with Crippen LogP contribution >= 0.6 is 0 Å². The van der Waals surface area contributed by atoms with E-state index >= 15 is 0 Å². The lowest BCUT2D eigenvalue weighted by molar-refractivity contribution is 0.0980. The number of hydrogen-bond acceptors (Lipinski definition) is 3. The average molecular weight is 284 g/mol. The van der Waals surface area contributed by atoms with Crippen LogP contribution in [0.5, 0.6) is 11.5 Å². The molecule has 0 spiro atoms. The van der Waals surface area contributed by atoms with Gasteiger partial charge in [-0.2, -0.15) is 0 Å². The van der Waals surface area contributed by atoms with Crippen LogP contribution in [0.3, 0.4) is 0 Å². The maximum Gasteiger partial charge on any atom is 0.162 e. The summed E-state index contributed by atoms with van der Waals surface area (Å²) in [6.45, 7) is 0. The minimum absolute atomic E-state index is 0.191. The Morgan fingerprint density at radius 3 is 2.33 bits per heavy atom. The minimum atomic E-state index is 0.191. The number of ketones is 1. The molecule has 21 heavy (non-hydrogen) atoms. The summed E-state index contributed by atoms with van der Waals surface area (Å²) in [4.78, 5) is 12.0. The molecular formula is C18H20O3. The van der Waals surface area contributed by atoms with E-state index in [1.807, 2.05) is 48.5 Å². The summed E-state index contributed by atoms with van der Waals surface area (Å²) in [7, 11) is 3.25. The van der Waals surface area contributed by atoms with Crippen molar-refractivity contribution in [3.8, 4) is 11.5 Å². The van der Waals surface area contributed by atoms with Gasteiger partial charge in [-0.05, 0) is 30.5 Å². The zero-order chi connectivity index (χ0) is 15.1. The highest BCUT2D eigenvalue weighted by Gasteiger charge is 2.07. The van der Waals surface area contributed by atoms with E-state index in [-0.39, 0.29) is 5.78 Å². The summed E-state index contributed by atoms with van der Waals surface area (Å²) >= 11 is 0. The van der Waals surface area contributed by atoms with Crippen molar-refractivity contribution in [2.24, 2.45) is 0 Å². The number of ether oxygens (including phenoxy) is 2. The summed E-state index contributed by atoms with van der Waals surface area (Å²) in [5.74, 6) is 1.64. The van der Waals surface area contributed by atoms with Crippen molar-refractivity contribution in [2.75, 3.05) is 14.2 Å². The largest absolute Gasteiger partial charge is 0.493 e. The third-order valence-corrected chi connectivity index (χ3v) is 3.41. The van der Waals surface area contributed by atoms with Crippen molar-refractivity contribution in [3.05, 3.63) is 59.7 Å². The Kier molecular flexibility index (Phi) is 5.38. The van der Waals surface area contributed by atoms with Crippen LogP contribution in [0.25, 0.3) is 0 Å². The lowest BCUT2D eigenvalue weighted by Gasteiger charge is -2.09. The Morgan fingerprint density at radius 1 is 0.952 bits per heavy atom. The van der Waals surface area contributed by atoms with Crippen molar-refractivity contribution in [2.45, 2.75) is 19.3 Å². The topological polar surface area (TPSA) is 35.5 Å². The van der Waals surface area contributed by atoms with Gasteiger partial charge in [0.2, 0.25) is 0 Å². The normalized spacial score (nSPS) is 10.2. The van der Waals surface area contributed by atoms with Crippen molar-refractivity contribution < 1.29 is 14.3 Å². The zero-order valence-corrected chi connectivity index (χ0v) is 12.5. The second kappa shape index (κ2) is 7.48. The Morgan fingerprint density at radius 2 is 1.67 bits per heavy atom. The summed E-state index contributed by atoms with van der Waals surface area (Å²) in [5, 5.41) is 0. The predicted octanol–water partition coefficient (Wildman–Crippen LogP) is 3.91. The van der Waals surface area contributed by atoms with Crippen LogP contribution in [0.1, 0.15) is 28.8 Å². The predicted molar refractivity (Wildman–Crippen MR) is 83.3 cm³/mol. The molecular weight excluding hydrogens is 264 g/mol. The monoisotopic (exact) mass is 284 g/mol. The van der Waals surface area contributed by atoms with Crippen molar-refractivity contribution in [1.29, 1.82) is 0 Å². The lowest BCUT2D eigenvalue weighted by atomic mass is 10.0. The fourth-order valence-corrected chi connectivity index (χ4v) is 2.26. The molecule has 110 valence electrons. The number of carbonyl (C=O) groups excluding carboxylic acids is 1. The molecule has 0 radical (unpaired) electrons. The first kappa shape index (κ1) is 15.1. The van der Waals surface area contributed by atoms with Crippen molar-refractivity contribution in [3.63, 3.8) is 0 Å². The van der Waals surface area contributed by atoms with E-state index in [4.69, 9.17) is 9.47 Å². The van der Waals surface area contributed by atoms with Gasteiger partial charge < -0.3 is 9.47 Å². The second-order valence-electron chi connectivity index (χ2n) is 4.83. The molecule has 3 heteroatoms. The average Bonchev–Trinajstić information content (AvgIpc) is 2.55. The molecule has 2 rings (SSSR count). The molecule has 2 aromatic carbocycles. The van der Waals surface area contributed by atoms with Gasteiger partial charge in [0.15, 0.2) is 17.3 Å². The number of carbonyl (C=O) groups is 1.